The van der Waals surface area contributed by atoms with Gasteiger partial charge in [0.25, 0.3) is 5.91 Å². The second kappa shape index (κ2) is 7.61. The zero-order chi connectivity index (χ0) is 21.6. The molecule has 0 bridgehead atoms. The van der Waals surface area contributed by atoms with Gasteiger partial charge in [0.2, 0.25) is 10.0 Å². The number of piperazine rings is 1. The van der Waals surface area contributed by atoms with Crippen molar-refractivity contribution in [3.05, 3.63) is 58.3 Å². The van der Waals surface area contributed by atoms with E-state index >= 15 is 0 Å². The van der Waals surface area contributed by atoms with Crippen LogP contribution in [0.15, 0.2) is 45.7 Å². The highest BCUT2D eigenvalue weighted by Crippen LogP contribution is 2.30. The Balaban J connectivity index is 1.53. The normalized spacial score (nSPS) is 15.6. The second-order valence-corrected chi connectivity index (χ2v) is 9.71. The van der Waals surface area contributed by atoms with Crippen molar-refractivity contribution in [1.29, 1.82) is 0 Å². The van der Waals surface area contributed by atoms with E-state index in [1.54, 1.807) is 43.0 Å². The molecule has 7 nitrogen and oxygen atoms in total. The third-order valence-corrected chi connectivity index (χ3v) is 7.51. The summed E-state index contributed by atoms with van der Waals surface area (Å²) >= 11 is 6.04. The molecule has 4 rings (SSSR count). The molecule has 158 valence electrons. The molecular formula is C21H21ClN2O5S. The standard InChI is InChI=1S/C21H21ClN2O5S/c1-13-3-5-17(25)19(11-13)30(27,28)24-9-7-23(8-10-24)21(26)20-14(2)16-12-15(22)4-6-18(16)29-20/h3-6,11-12,25H,7-10H2,1-2H3. The van der Waals surface area contributed by atoms with Gasteiger partial charge in [0, 0.05) is 42.2 Å². The molecule has 3 aromatic rings. The number of sulfonamides is 1. The molecule has 0 unspecified atom stereocenters. The van der Waals surface area contributed by atoms with E-state index in [9.17, 15) is 18.3 Å². The van der Waals surface area contributed by atoms with Crippen molar-refractivity contribution < 1.29 is 22.7 Å². The largest absolute Gasteiger partial charge is 0.507 e. The lowest BCUT2D eigenvalue weighted by molar-refractivity contribution is 0.0667. The van der Waals surface area contributed by atoms with Crippen LogP contribution in [0.5, 0.6) is 5.75 Å². The molecule has 0 radical (unpaired) electrons. The molecule has 0 saturated carbocycles. The minimum absolute atomic E-state index is 0.118. The molecule has 30 heavy (non-hydrogen) atoms. The third kappa shape index (κ3) is 3.55. The van der Waals surface area contributed by atoms with Gasteiger partial charge in [0.05, 0.1) is 0 Å². The summed E-state index contributed by atoms with van der Waals surface area (Å²) in [6.07, 6.45) is 0. The summed E-state index contributed by atoms with van der Waals surface area (Å²) in [5, 5.41) is 11.4. The molecule has 1 aliphatic rings. The van der Waals surface area contributed by atoms with Crippen LogP contribution in [0.3, 0.4) is 0 Å². The number of rotatable bonds is 3. The number of amides is 1. The van der Waals surface area contributed by atoms with Crippen molar-refractivity contribution >= 4 is 38.5 Å². The van der Waals surface area contributed by atoms with E-state index < -0.39 is 10.0 Å². The molecule has 1 saturated heterocycles. The Kier molecular flexibility index (Phi) is 5.25. The number of aromatic hydroxyl groups is 1. The number of nitrogens with zero attached hydrogens (tertiary/aromatic N) is 2. The number of aryl methyl sites for hydroxylation is 2. The van der Waals surface area contributed by atoms with Crippen LogP contribution in [0.2, 0.25) is 5.02 Å². The van der Waals surface area contributed by atoms with Crippen molar-refractivity contribution in [2.24, 2.45) is 0 Å². The Morgan fingerprint density at radius 2 is 1.77 bits per heavy atom. The summed E-state index contributed by atoms with van der Waals surface area (Å²) in [7, 11) is -3.86. The topological polar surface area (TPSA) is 91.1 Å². The molecule has 1 fully saturated rings. The highest BCUT2D eigenvalue weighted by molar-refractivity contribution is 7.89. The molecule has 1 aromatic heterocycles. The molecule has 2 heterocycles. The highest BCUT2D eigenvalue weighted by atomic mass is 35.5. The van der Waals surface area contributed by atoms with Crippen LogP contribution < -0.4 is 0 Å². The van der Waals surface area contributed by atoms with Gasteiger partial charge in [-0.05, 0) is 49.7 Å². The van der Waals surface area contributed by atoms with Crippen LogP contribution in [-0.4, -0.2) is 54.8 Å². The van der Waals surface area contributed by atoms with Gasteiger partial charge in [-0.3, -0.25) is 4.79 Å². The SMILES string of the molecule is Cc1ccc(O)c(S(=O)(=O)N2CCN(C(=O)c3oc4ccc(Cl)cc4c3C)CC2)c1. The number of phenolic OH excluding ortho intramolecular Hbond substituents is 1. The highest BCUT2D eigenvalue weighted by Gasteiger charge is 2.33. The number of carbonyl (C=O) groups excluding carboxylic acids is 1. The van der Waals surface area contributed by atoms with Crippen LogP contribution in [0, 0.1) is 13.8 Å². The van der Waals surface area contributed by atoms with Crippen molar-refractivity contribution in [2.45, 2.75) is 18.7 Å². The summed E-state index contributed by atoms with van der Waals surface area (Å²) < 4.78 is 32.9. The number of phenols is 1. The number of fused-ring (bicyclic) bond motifs is 1. The fourth-order valence-electron chi connectivity index (χ4n) is 3.64. The minimum Gasteiger partial charge on any atom is -0.507 e. The Morgan fingerprint density at radius 1 is 1.07 bits per heavy atom. The van der Waals surface area contributed by atoms with E-state index in [2.05, 4.69) is 0 Å². The number of hydrogen-bond acceptors (Lipinski definition) is 5. The minimum atomic E-state index is -3.86. The number of carbonyl (C=O) groups is 1. The third-order valence-electron chi connectivity index (χ3n) is 5.35. The number of hydrogen-bond donors (Lipinski definition) is 1. The van der Waals surface area contributed by atoms with Crippen LogP contribution in [0.4, 0.5) is 0 Å². The number of halogens is 1. The zero-order valence-corrected chi connectivity index (χ0v) is 18.1. The summed E-state index contributed by atoms with van der Waals surface area (Å²) in [6, 6.07) is 9.65. The predicted octanol–water partition coefficient (Wildman–Crippen LogP) is 3.56. The van der Waals surface area contributed by atoms with E-state index in [0.29, 0.717) is 16.2 Å². The van der Waals surface area contributed by atoms with Gasteiger partial charge < -0.3 is 14.4 Å². The van der Waals surface area contributed by atoms with Crippen molar-refractivity contribution in [2.75, 3.05) is 26.2 Å². The van der Waals surface area contributed by atoms with Gasteiger partial charge in [0.1, 0.15) is 16.2 Å². The zero-order valence-electron chi connectivity index (χ0n) is 16.6. The average molecular weight is 449 g/mol. The fourth-order valence-corrected chi connectivity index (χ4v) is 5.40. The molecule has 2 aromatic carbocycles. The quantitative estimate of drug-likeness (QED) is 0.661. The molecule has 9 heteroatoms. The lowest BCUT2D eigenvalue weighted by atomic mass is 10.1. The van der Waals surface area contributed by atoms with E-state index in [1.807, 2.05) is 0 Å². The average Bonchev–Trinajstić information content (AvgIpc) is 3.05. The van der Waals surface area contributed by atoms with Gasteiger partial charge in [-0.25, -0.2) is 8.42 Å². The molecule has 0 aliphatic carbocycles. The molecule has 0 atom stereocenters. The second-order valence-electron chi connectivity index (χ2n) is 7.36. The van der Waals surface area contributed by atoms with Crippen molar-refractivity contribution in [3.8, 4) is 5.75 Å². The first-order chi connectivity index (χ1) is 14.2. The van der Waals surface area contributed by atoms with E-state index in [1.165, 1.54) is 16.4 Å². The summed E-state index contributed by atoms with van der Waals surface area (Å²) in [5.74, 6) is -0.328. The maximum absolute atomic E-state index is 13.0. The summed E-state index contributed by atoms with van der Waals surface area (Å²) in [5.41, 5.74) is 2.02. The van der Waals surface area contributed by atoms with Crippen molar-refractivity contribution in [3.63, 3.8) is 0 Å². The van der Waals surface area contributed by atoms with Gasteiger partial charge in [0.15, 0.2) is 5.76 Å². The maximum atomic E-state index is 13.0. The van der Waals surface area contributed by atoms with Gasteiger partial charge in [-0.15, -0.1) is 0 Å². The van der Waals surface area contributed by atoms with Crippen molar-refractivity contribution in [1.82, 2.24) is 9.21 Å². The first-order valence-electron chi connectivity index (χ1n) is 9.46. The van der Waals surface area contributed by atoms with E-state index in [-0.39, 0.29) is 48.5 Å². The Labute approximate surface area is 179 Å². The van der Waals surface area contributed by atoms with Gasteiger partial charge in [-0.1, -0.05) is 17.7 Å². The number of benzene rings is 2. The Morgan fingerprint density at radius 3 is 2.47 bits per heavy atom. The van der Waals surface area contributed by atoms with Crippen LogP contribution in [0.1, 0.15) is 21.7 Å². The number of furan rings is 1. The molecule has 0 spiro atoms. The summed E-state index contributed by atoms with van der Waals surface area (Å²) in [4.78, 5) is 14.5. The maximum Gasteiger partial charge on any atom is 0.289 e. The molecular weight excluding hydrogens is 428 g/mol. The molecule has 1 N–H and O–H groups in total. The van der Waals surface area contributed by atoms with Crippen LogP contribution in [-0.2, 0) is 10.0 Å². The molecule has 1 aliphatic heterocycles. The predicted molar refractivity (Wildman–Crippen MR) is 113 cm³/mol. The Hall–Kier alpha value is -2.55. The monoisotopic (exact) mass is 448 g/mol. The fraction of sp³-hybridized carbons (Fsp3) is 0.286. The first-order valence-corrected chi connectivity index (χ1v) is 11.3. The summed E-state index contributed by atoms with van der Waals surface area (Å²) in [6.45, 7) is 4.28. The van der Waals surface area contributed by atoms with Gasteiger partial charge in [-0.2, -0.15) is 4.31 Å². The lowest BCUT2D eigenvalue weighted by Gasteiger charge is -2.33. The first kappa shape index (κ1) is 20.7. The lowest BCUT2D eigenvalue weighted by Crippen LogP contribution is -2.50. The van der Waals surface area contributed by atoms with Crippen LogP contribution >= 0.6 is 11.6 Å². The van der Waals surface area contributed by atoms with Crippen LogP contribution in [0.25, 0.3) is 11.0 Å². The van der Waals surface area contributed by atoms with E-state index in [0.717, 1.165) is 10.9 Å². The smallest absolute Gasteiger partial charge is 0.289 e. The Bertz CT molecular complexity index is 1240. The van der Waals surface area contributed by atoms with E-state index in [4.69, 9.17) is 16.0 Å². The van der Waals surface area contributed by atoms with Gasteiger partial charge >= 0.3 is 0 Å². The molecule has 1 amide bonds.